The first-order valence-electron chi connectivity index (χ1n) is 6.20. The number of aromatic nitrogens is 1. The van der Waals surface area contributed by atoms with E-state index < -0.39 is 0 Å². The Morgan fingerprint density at radius 1 is 1.42 bits per heavy atom. The maximum Gasteiger partial charge on any atom is 0.267 e. The number of thioether (sulfide) groups is 1. The number of aliphatic hydroxyl groups is 1. The van der Waals surface area contributed by atoms with Gasteiger partial charge >= 0.3 is 0 Å². The van der Waals surface area contributed by atoms with Gasteiger partial charge in [-0.25, -0.2) is 0 Å². The molecule has 0 aliphatic carbocycles. The molecule has 0 aromatic carbocycles. The first kappa shape index (κ1) is 15.8. The first-order valence-corrected chi connectivity index (χ1v) is 7.36. The van der Waals surface area contributed by atoms with Gasteiger partial charge in [-0.05, 0) is 25.2 Å². The van der Waals surface area contributed by atoms with E-state index in [1.54, 1.807) is 35.6 Å². The zero-order valence-corrected chi connectivity index (χ0v) is 12.1. The third-order valence-electron chi connectivity index (χ3n) is 2.62. The first-order chi connectivity index (χ1) is 9.06. The summed E-state index contributed by atoms with van der Waals surface area (Å²) in [7, 11) is 1.75. The Labute approximate surface area is 117 Å². The van der Waals surface area contributed by atoms with Crippen LogP contribution in [0.15, 0.2) is 12.3 Å². The van der Waals surface area contributed by atoms with Crippen molar-refractivity contribution < 1.29 is 14.7 Å². The van der Waals surface area contributed by atoms with Crippen LogP contribution in [-0.4, -0.2) is 46.0 Å². The number of nitrogens with one attached hydrogen (secondary N) is 1. The van der Waals surface area contributed by atoms with Crippen molar-refractivity contribution >= 4 is 23.5 Å². The molecule has 0 atom stereocenters. The number of aliphatic hydroxyl groups excluding tert-OH is 1. The lowest BCUT2D eigenvalue weighted by Crippen LogP contribution is -2.27. The number of hydrogen-bond acceptors (Lipinski definition) is 4. The van der Waals surface area contributed by atoms with E-state index in [0.717, 1.165) is 17.9 Å². The molecule has 0 aliphatic heterocycles. The molecule has 1 heterocycles. The maximum absolute atomic E-state index is 11.9. The van der Waals surface area contributed by atoms with Gasteiger partial charge in [0.15, 0.2) is 5.78 Å². The Morgan fingerprint density at radius 2 is 2.16 bits per heavy atom. The quantitative estimate of drug-likeness (QED) is 0.553. The third kappa shape index (κ3) is 5.08. The molecule has 1 aromatic heterocycles. The van der Waals surface area contributed by atoms with E-state index in [0.29, 0.717) is 17.8 Å². The number of nitrogens with zero attached hydrogens (tertiary/aromatic N) is 1. The Balaban J connectivity index is 2.39. The summed E-state index contributed by atoms with van der Waals surface area (Å²) in [4.78, 5) is 23.1. The third-order valence-corrected chi connectivity index (χ3v) is 3.69. The number of hydrogen-bond donors (Lipinski definition) is 2. The SMILES string of the molecule is CC(=O)c1cc(C(=O)NCCSCCCO)n(C)c1. The molecule has 0 bridgehead atoms. The molecule has 1 amide bonds. The molecule has 0 saturated heterocycles. The van der Waals surface area contributed by atoms with Crippen LogP contribution in [0.5, 0.6) is 0 Å². The molecule has 0 radical (unpaired) electrons. The fourth-order valence-corrected chi connectivity index (χ4v) is 2.36. The van der Waals surface area contributed by atoms with E-state index in [1.165, 1.54) is 6.92 Å². The number of rotatable bonds is 8. The van der Waals surface area contributed by atoms with Crippen molar-refractivity contribution in [2.24, 2.45) is 7.05 Å². The highest BCUT2D eigenvalue weighted by Gasteiger charge is 2.12. The normalized spacial score (nSPS) is 10.5. The predicted molar refractivity (Wildman–Crippen MR) is 76.8 cm³/mol. The monoisotopic (exact) mass is 284 g/mol. The van der Waals surface area contributed by atoms with Crippen LogP contribution in [0.25, 0.3) is 0 Å². The molecule has 106 valence electrons. The van der Waals surface area contributed by atoms with Crippen LogP contribution < -0.4 is 5.32 Å². The van der Waals surface area contributed by atoms with Gasteiger partial charge in [-0.1, -0.05) is 0 Å². The minimum atomic E-state index is -0.169. The molecule has 2 N–H and O–H groups in total. The molecule has 5 nitrogen and oxygen atoms in total. The van der Waals surface area contributed by atoms with Crippen LogP contribution >= 0.6 is 11.8 Å². The number of carbonyl (C=O) groups is 2. The van der Waals surface area contributed by atoms with Crippen LogP contribution in [0.4, 0.5) is 0 Å². The van der Waals surface area contributed by atoms with Crippen molar-refractivity contribution in [1.82, 2.24) is 9.88 Å². The molecular formula is C13H20N2O3S. The Kier molecular flexibility index (Phi) is 6.66. The highest BCUT2D eigenvalue weighted by atomic mass is 32.2. The van der Waals surface area contributed by atoms with Gasteiger partial charge < -0.3 is 15.0 Å². The summed E-state index contributed by atoms with van der Waals surface area (Å²) < 4.78 is 1.66. The fraction of sp³-hybridized carbons (Fsp3) is 0.538. The minimum Gasteiger partial charge on any atom is -0.396 e. The van der Waals surface area contributed by atoms with Crippen LogP contribution in [0.3, 0.4) is 0 Å². The lowest BCUT2D eigenvalue weighted by molar-refractivity contribution is 0.0947. The number of amides is 1. The molecule has 0 saturated carbocycles. The van der Waals surface area contributed by atoms with Crippen molar-refractivity contribution in [2.45, 2.75) is 13.3 Å². The molecule has 0 fully saturated rings. The number of ketones is 1. The standard InChI is InChI=1S/C13H20N2O3S/c1-10(17)11-8-12(15(2)9-11)13(18)14-4-7-19-6-3-5-16/h8-9,16H,3-7H2,1-2H3,(H,14,18). The van der Waals surface area contributed by atoms with Crippen LogP contribution in [-0.2, 0) is 7.05 Å². The lowest BCUT2D eigenvalue weighted by Gasteiger charge is -2.05. The number of Topliss-reactive ketones (excluding diaryl/α,β-unsaturated/α-hetero) is 1. The van der Waals surface area contributed by atoms with E-state index in [4.69, 9.17) is 5.11 Å². The summed E-state index contributed by atoms with van der Waals surface area (Å²) >= 11 is 1.69. The van der Waals surface area contributed by atoms with E-state index in [9.17, 15) is 9.59 Å². The van der Waals surface area contributed by atoms with Crippen LogP contribution in [0.2, 0.25) is 0 Å². The molecule has 1 rings (SSSR count). The van der Waals surface area contributed by atoms with Gasteiger partial charge in [-0.2, -0.15) is 11.8 Å². The van der Waals surface area contributed by atoms with E-state index in [2.05, 4.69) is 5.32 Å². The van der Waals surface area contributed by atoms with E-state index in [-0.39, 0.29) is 18.3 Å². The molecule has 6 heteroatoms. The fourth-order valence-electron chi connectivity index (χ4n) is 1.58. The smallest absolute Gasteiger partial charge is 0.267 e. The van der Waals surface area contributed by atoms with Gasteiger partial charge in [0.25, 0.3) is 5.91 Å². The highest BCUT2D eigenvalue weighted by Crippen LogP contribution is 2.08. The summed E-state index contributed by atoms with van der Waals surface area (Å²) in [5.41, 5.74) is 1.04. The van der Waals surface area contributed by atoms with Crippen LogP contribution in [0, 0.1) is 0 Å². The average Bonchev–Trinajstić information content (AvgIpc) is 2.76. The predicted octanol–water partition coefficient (Wildman–Crippen LogP) is 1.07. The molecule has 19 heavy (non-hydrogen) atoms. The van der Waals surface area contributed by atoms with E-state index in [1.807, 2.05) is 0 Å². The molecule has 0 spiro atoms. The summed E-state index contributed by atoms with van der Waals surface area (Å²) in [5.74, 6) is 1.49. The number of carbonyl (C=O) groups excluding carboxylic acids is 2. The molecule has 1 aromatic rings. The Morgan fingerprint density at radius 3 is 2.74 bits per heavy atom. The Hall–Kier alpha value is -1.27. The second-order valence-corrected chi connectivity index (χ2v) is 5.45. The van der Waals surface area contributed by atoms with Crippen molar-refractivity contribution in [3.8, 4) is 0 Å². The zero-order valence-electron chi connectivity index (χ0n) is 11.3. The maximum atomic E-state index is 11.9. The summed E-state index contributed by atoms with van der Waals surface area (Å²) in [6, 6.07) is 1.61. The van der Waals surface area contributed by atoms with Crippen LogP contribution in [0.1, 0.15) is 34.2 Å². The molecule has 0 aliphatic rings. The van der Waals surface area contributed by atoms with Gasteiger partial charge in [0.2, 0.25) is 0 Å². The van der Waals surface area contributed by atoms with Crippen molar-refractivity contribution in [1.29, 1.82) is 0 Å². The zero-order chi connectivity index (χ0) is 14.3. The van der Waals surface area contributed by atoms with E-state index >= 15 is 0 Å². The topological polar surface area (TPSA) is 71.3 Å². The summed E-state index contributed by atoms with van der Waals surface area (Å²) in [6.07, 6.45) is 2.44. The summed E-state index contributed by atoms with van der Waals surface area (Å²) in [5, 5.41) is 11.4. The minimum absolute atomic E-state index is 0.0470. The van der Waals surface area contributed by atoms with Crippen molar-refractivity contribution in [3.05, 3.63) is 23.5 Å². The van der Waals surface area contributed by atoms with Crippen molar-refractivity contribution in [2.75, 3.05) is 24.7 Å². The molecular weight excluding hydrogens is 264 g/mol. The van der Waals surface area contributed by atoms with Gasteiger partial charge in [0.05, 0.1) is 0 Å². The van der Waals surface area contributed by atoms with Gasteiger partial charge in [0.1, 0.15) is 5.69 Å². The Bertz CT molecular complexity index is 443. The number of aryl methyl sites for hydroxylation is 1. The van der Waals surface area contributed by atoms with Crippen molar-refractivity contribution in [3.63, 3.8) is 0 Å². The van der Waals surface area contributed by atoms with Gasteiger partial charge in [-0.3, -0.25) is 9.59 Å². The molecule has 0 unspecified atom stereocenters. The second-order valence-electron chi connectivity index (χ2n) is 4.23. The highest BCUT2D eigenvalue weighted by molar-refractivity contribution is 7.99. The second kappa shape index (κ2) is 8.01. The van der Waals surface area contributed by atoms with Gasteiger partial charge in [0, 0.05) is 37.7 Å². The van der Waals surface area contributed by atoms with Gasteiger partial charge in [-0.15, -0.1) is 0 Å². The lowest BCUT2D eigenvalue weighted by atomic mass is 10.2. The largest absolute Gasteiger partial charge is 0.396 e. The summed E-state index contributed by atoms with van der Waals surface area (Å²) in [6.45, 7) is 2.26. The average molecular weight is 284 g/mol.